The molecule has 0 aliphatic carbocycles. The lowest BCUT2D eigenvalue weighted by atomic mass is 10.1. The van der Waals surface area contributed by atoms with E-state index in [1.807, 2.05) is 0 Å². The van der Waals surface area contributed by atoms with Crippen molar-refractivity contribution in [3.8, 4) is 5.75 Å². The molecule has 1 aliphatic heterocycles. The van der Waals surface area contributed by atoms with E-state index in [4.69, 9.17) is 9.47 Å². The van der Waals surface area contributed by atoms with Crippen LogP contribution in [0.15, 0.2) is 58.3 Å². The van der Waals surface area contributed by atoms with Crippen molar-refractivity contribution >= 4 is 26.5 Å². The molecule has 0 saturated heterocycles. The first-order valence-corrected chi connectivity index (χ1v) is 13.4. The van der Waals surface area contributed by atoms with Crippen LogP contribution in [0.5, 0.6) is 5.75 Å². The third-order valence-electron chi connectivity index (χ3n) is 4.77. The molecule has 0 aromatic heterocycles. The molecule has 3 N–H and O–H groups in total. The number of alkyl carbamates (subject to hydrolysis) is 1. The van der Waals surface area contributed by atoms with E-state index in [9.17, 15) is 22.3 Å². The van der Waals surface area contributed by atoms with Crippen molar-refractivity contribution < 1.29 is 31.8 Å². The van der Waals surface area contributed by atoms with Crippen molar-refractivity contribution in [2.75, 3.05) is 18.9 Å². The van der Waals surface area contributed by atoms with Crippen LogP contribution in [0.2, 0.25) is 0 Å². The highest BCUT2D eigenvalue weighted by Gasteiger charge is 2.43. The van der Waals surface area contributed by atoms with Gasteiger partial charge in [-0.15, -0.1) is 0 Å². The summed E-state index contributed by atoms with van der Waals surface area (Å²) in [7, 11) is -7.04. The molecule has 0 saturated carbocycles. The molecule has 3 rings (SSSR count). The zero-order chi connectivity index (χ0) is 23.6. The van der Waals surface area contributed by atoms with Crippen molar-refractivity contribution in [3.05, 3.63) is 54.1 Å². The first kappa shape index (κ1) is 24.4. The van der Waals surface area contributed by atoms with Gasteiger partial charge in [0.2, 0.25) is 0 Å². The quantitative estimate of drug-likeness (QED) is 0.491. The predicted octanol–water partition coefficient (Wildman–Crippen LogP) is 4.62. The second-order valence-corrected chi connectivity index (χ2v) is 12.7. The van der Waals surface area contributed by atoms with Crippen LogP contribution in [-0.2, 0) is 14.6 Å². The monoisotopic (exact) mass is 483 g/mol. The fourth-order valence-corrected chi connectivity index (χ4v) is 7.78. The Morgan fingerprint density at radius 2 is 1.84 bits per heavy atom. The maximum absolute atomic E-state index is 13.1. The summed E-state index contributed by atoms with van der Waals surface area (Å²) >= 11 is 0. The van der Waals surface area contributed by atoms with Crippen molar-refractivity contribution in [3.63, 3.8) is 0 Å². The van der Waals surface area contributed by atoms with E-state index in [2.05, 4.69) is 5.32 Å². The second kappa shape index (κ2) is 9.30. The average Bonchev–Trinajstić information content (AvgIpc) is 2.98. The molecule has 2 aromatic carbocycles. The lowest BCUT2D eigenvalue weighted by molar-refractivity contribution is 0.0525. The zero-order valence-corrected chi connectivity index (χ0v) is 19.9. The first-order valence-electron chi connectivity index (χ1n) is 10.2. The minimum atomic E-state index is -3.77. The highest BCUT2D eigenvalue weighted by atomic mass is 32.3. The minimum absolute atomic E-state index is 0.144. The maximum Gasteiger partial charge on any atom is 0.407 e. The van der Waals surface area contributed by atoms with Crippen molar-refractivity contribution in [2.45, 2.75) is 47.8 Å². The van der Waals surface area contributed by atoms with E-state index >= 15 is 0 Å². The SMILES string of the molecule is CC(C)(C)OC(=O)NCCCOc1ccc2c(c1)S(O)(O)CC2S(=O)(=O)c1ccccc1. The molecular formula is C22H29NO7S2. The molecular weight excluding hydrogens is 454 g/mol. The summed E-state index contributed by atoms with van der Waals surface area (Å²) in [5.41, 5.74) is -0.187. The van der Waals surface area contributed by atoms with Crippen LogP contribution in [0.25, 0.3) is 0 Å². The highest BCUT2D eigenvalue weighted by molar-refractivity contribution is 8.25. The van der Waals surface area contributed by atoms with Gasteiger partial charge >= 0.3 is 6.09 Å². The molecule has 176 valence electrons. The number of nitrogens with one attached hydrogen (secondary N) is 1. The van der Waals surface area contributed by atoms with Gasteiger partial charge in [0.05, 0.1) is 22.2 Å². The summed E-state index contributed by atoms with van der Waals surface area (Å²) in [5.74, 6) is 0.127. The van der Waals surface area contributed by atoms with Gasteiger partial charge in [0.1, 0.15) is 16.6 Å². The Hall–Kier alpha value is -2.27. The molecule has 0 radical (unpaired) electrons. The maximum atomic E-state index is 13.1. The molecule has 1 aliphatic rings. The van der Waals surface area contributed by atoms with Crippen LogP contribution >= 0.6 is 10.6 Å². The van der Waals surface area contributed by atoms with Gasteiger partial charge in [0.15, 0.2) is 9.84 Å². The Kier molecular flexibility index (Phi) is 7.09. The number of hydrogen-bond acceptors (Lipinski definition) is 7. The summed E-state index contributed by atoms with van der Waals surface area (Å²) in [5, 5.41) is 1.60. The molecule has 10 heteroatoms. The third-order valence-corrected chi connectivity index (χ3v) is 8.94. The molecule has 8 nitrogen and oxygen atoms in total. The Bertz CT molecular complexity index is 1060. The van der Waals surface area contributed by atoms with E-state index in [0.717, 1.165) is 0 Å². The Morgan fingerprint density at radius 3 is 2.50 bits per heavy atom. The highest BCUT2D eigenvalue weighted by Crippen LogP contribution is 2.61. The number of hydrogen-bond donors (Lipinski definition) is 3. The van der Waals surface area contributed by atoms with E-state index < -0.39 is 37.4 Å². The second-order valence-electron chi connectivity index (χ2n) is 8.51. The standard InChI is InChI=1S/C22H29NO7S2/c1-22(2,3)30-21(24)23-12-7-13-29-16-10-11-18-19(14-16)31(25,26)15-20(18)32(27,28)17-8-5-4-6-9-17/h4-6,8-11,14,20,25-26H,7,12-13,15H2,1-3H3,(H,23,24). The summed E-state index contributed by atoms with van der Waals surface area (Å²) in [6, 6.07) is 12.7. The Labute approximate surface area is 190 Å². The van der Waals surface area contributed by atoms with Crippen LogP contribution in [-0.4, -0.2) is 48.1 Å². The summed E-state index contributed by atoms with van der Waals surface area (Å²) in [6.07, 6.45) is 0.00654. The molecule has 32 heavy (non-hydrogen) atoms. The van der Waals surface area contributed by atoms with Gasteiger partial charge in [-0.05, 0) is 51.0 Å². The first-order chi connectivity index (χ1) is 14.9. The average molecular weight is 484 g/mol. The number of fused-ring (bicyclic) bond motifs is 1. The fraction of sp³-hybridized carbons (Fsp3) is 0.409. The third kappa shape index (κ3) is 5.74. The van der Waals surface area contributed by atoms with Gasteiger partial charge in [-0.2, -0.15) is 10.6 Å². The van der Waals surface area contributed by atoms with E-state index in [0.29, 0.717) is 24.3 Å². The topological polar surface area (TPSA) is 122 Å². The number of benzene rings is 2. The Morgan fingerprint density at radius 1 is 1.16 bits per heavy atom. The summed E-state index contributed by atoms with van der Waals surface area (Å²) in [4.78, 5) is 12.0. The van der Waals surface area contributed by atoms with Crippen LogP contribution in [0.1, 0.15) is 38.0 Å². The number of carbonyl (C=O) groups is 1. The molecule has 0 fully saturated rings. The van der Waals surface area contributed by atoms with Crippen LogP contribution in [0.4, 0.5) is 4.79 Å². The van der Waals surface area contributed by atoms with Gasteiger partial charge in [-0.25, -0.2) is 13.2 Å². The van der Waals surface area contributed by atoms with Gasteiger partial charge < -0.3 is 14.8 Å². The van der Waals surface area contributed by atoms with Gasteiger partial charge in [-0.1, -0.05) is 24.3 Å². The van der Waals surface area contributed by atoms with Gasteiger partial charge in [0, 0.05) is 12.6 Å². The lowest BCUT2D eigenvalue weighted by Gasteiger charge is -2.27. The lowest BCUT2D eigenvalue weighted by Crippen LogP contribution is -2.33. The molecule has 1 atom stereocenters. The fourth-order valence-electron chi connectivity index (χ4n) is 3.34. The van der Waals surface area contributed by atoms with E-state index in [1.165, 1.54) is 18.2 Å². The minimum Gasteiger partial charge on any atom is -0.493 e. The molecule has 1 unspecified atom stereocenters. The van der Waals surface area contributed by atoms with Crippen molar-refractivity contribution in [1.82, 2.24) is 5.32 Å². The smallest absolute Gasteiger partial charge is 0.407 e. The molecule has 2 aromatic rings. The predicted molar refractivity (Wildman–Crippen MR) is 123 cm³/mol. The van der Waals surface area contributed by atoms with Crippen molar-refractivity contribution in [2.24, 2.45) is 0 Å². The van der Waals surface area contributed by atoms with Gasteiger partial charge in [0.25, 0.3) is 0 Å². The van der Waals surface area contributed by atoms with Crippen molar-refractivity contribution in [1.29, 1.82) is 0 Å². The number of ether oxygens (including phenoxy) is 2. The number of sulfone groups is 1. The van der Waals surface area contributed by atoms with E-state index in [1.54, 1.807) is 51.1 Å². The molecule has 0 bridgehead atoms. The largest absolute Gasteiger partial charge is 0.493 e. The van der Waals surface area contributed by atoms with Crippen LogP contribution < -0.4 is 10.1 Å². The summed E-state index contributed by atoms with van der Waals surface area (Å²) in [6.45, 7) is 5.97. The number of rotatable bonds is 7. The molecule has 0 spiro atoms. The number of carbonyl (C=O) groups excluding carboxylic acids is 1. The van der Waals surface area contributed by atoms with Crippen LogP contribution in [0.3, 0.4) is 0 Å². The summed E-state index contributed by atoms with van der Waals surface area (Å²) < 4.78 is 58.1. The number of amides is 1. The Balaban J connectivity index is 1.64. The molecule has 1 heterocycles. The van der Waals surface area contributed by atoms with E-state index in [-0.39, 0.29) is 22.2 Å². The normalized spacial score (nSPS) is 18.5. The van der Waals surface area contributed by atoms with Crippen LogP contribution in [0, 0.1) is 0 Å². The zero-order valence-electron chi connectivity index (χ0n) is 18.3. The van der Waals surface area contributed by atoms with Gasteiger partial charge in [-0.3, -0.25) is 9.11 Å². The molecule has 1 amide bonds.